The quantitative estimate of drug-likeness (QED) is 0.743. The van der Waals surface area contributed by atoms with Gasteiger partial charge in [-0.2, -0.15) is 4.52 Å². The van der Waals surface area contributed by atoms with Crippen molar-refractivity contribution in [3.63, 3.8) is 0 Å². The summed E-state index contributed by atoms with van der Waals surface area (Å²) < 4.78 is 1.86. The zero-order chi connectivity index (χ0) is 15.3. The lowest BCUT2D eigenvalue weighted by Crippen LogP contribution is -2.44. The van der Waals surface area contributed by atoms with Gasteiger partial charge in [0, 0.05) is 36.6 Å². The summed E-state index contributed by atoms with van der Waals surface area (Å²) >= 11 is 6.28. The molecule has 2 aromatic heterocycles. The lowest BCUT2D eigenvalue weighted by atomic mass is 10.1. The lowest BCUT2D eigenvalue weighted by Gasteiger charge is -2.28. The molecule has 1 aromatic carbocycles. The van der Waals surface area contributed by atoms with Gasteiger partial charge in [0.05, 0.1) is 5.52 Å². The molecule has 0 saturated carbocycles. The van der Waals surface area contributed by atoms with Gasteiger partial charge in [-0.05, 0) is 31.5 Å². The Hall–Kier alpha value is -1.92. The van der Waals surface area contributed by atoms with Crippen molar-refractivity contribution in [2.45, 2.75) is 13.8 Å². The first-order chi connectivity index (χ1) is 10.6. The first-order valence-electron chi connectivity index (χ1n) is 7.42. The van der Waals surface area contributed by atoms with Crippen LogP contribution in [0, 0.1) is 13.8 Å². The average Bonchev–Trinajstić information content (AvgIpc) is 2.91. The Kier molecular flexibility index (Phi) is 3.16. The van der Waals surface area contributed by atoms with E-state index in [1.165, 1.54) is 0 Å². The molecule has 0 radical (unpaired) electrons. The lowest BCUT2D eigenvalue weighted by molar-refractivity contribution is 0.575. The molecule has 0 atom stereocenters. The zero-order valence-corrected chi connectivity index (χ0v) is 13.4. The summed E-state index contributed by atoms with van der Waals surface area (Å²) in [6.07, 6.45) is 0. The summed E-state index contributed by atoms with van der Waals surface area (Å²) in [5.74, 6) is 1.59. The maximum absolute atomic E-state index is 6.28. The number of halogens is 1. The molecule has 0 spiro atoms. The molecule has 114 valence electrons. The van der Waals surface area contributed by atoms with E-state index in [1.807, 2.05) is 30.5 Å². The molecule has 1 aliphatic rings. The number of fused-ring (bicyclic) bond motifs is 3. The highest BCUT2D eigenvalue weighted by Gasteiger charge is 2.19. The fraction of sp³-hybridized carbons (Fsp3) is 0.400. The average molecular weight is 317 g/mol. The van der Waals surface area contributed by atoms with E-state index in [1.54, 1.807) is 0 Å². The Labute approximate surface area is 133 Å². The number of aromatic nitrogens is 4. The number of nitrogens with zero attached hydrogens (tertiary/aromatic N) is 5. The minimum atomic E-state index is 0.729. The highest BCUT2D eigenvalue weighted by molar-refractivity contribution is 6.32. The Balaban J connectivity index is 2.03. The van der Waals surface area contributed by atoms with Crippen LogP contribution in [0.15, 0.2) is 12.1 Å². The van der Waals surface area contributed by atoms with Crippen molar-refractivity contribution in [3.8, 4) is 0 Å². The van der Waals surface area contributed by atoms with Crippen molar-refractivity contribution >= 4 is 34.1 Å². The van der Waals surface area contributed by atoms with Gasteiger partial charge in [0.25, 0.3) is 0 Å². The van der Waals surface area contributed by atoms with Crippen molar-refractivity contribution in [2.24, 2.45) is 0 Å². The second kappa shape index (κ2) is 5.07. The monoisotopic (exact) mass is 316 g/mol. The van der Waals surface area contributed by atoms with E-state index in [2.05, 4.69) is 20.3 Å². The molecule has 6 nitrogen and oxygen atoms in total. The van der Waals surface area contributed by atoms with Gasteiger partial charge in [-0.1, -0.05) is 11.6 Å². The smallest absolute Gasteiger partial charge is 0.229 e. The SMILES string of the molecule is Cc1nc2c3cc(C)c(Cl)cc3nc(N3CCNCC3)n2n1. The third-order valence-corrected chi connectivity index (χ3v) is 4.45. The molecule has 0 aliphatic carbocycles. The van der Waals surface area contributed by atoms with Crippen LogP contribution in [0.4, 0.5) is 5.95 Å². The van der Waals surface area contributed by atoms with Crippen LogP contribution in [0.25, 0.3) is 16.6 Å². The van der Waals surface area contributed by atoms with Gasteiger partial charge in [-0.15, -0.1) is 5.10 Å². The van der Waals surface area contributed by atoms with Gasteiger partial charge >= 0.3 is 0 Å². The second-order valence-corrected chi connectivity index (χ2v) is 6.07. The van der Waals surface area contributed by atoms with Crippen molar-refractivity contribution < 1.29 is 0 Å². The molecule has 3 aromatic rings. The molecule has 1 fully saturated rings. The van der Waals surface area contributed by atoms with Gasteiger partial charge in [0.15, 0.2) is 5.65 Å². The second-order valence-electron chi connectivity index (χ2n) is 5.66. The van der Waals surface area contributed by atoms with Crippen molar-refractivity contribution in [1.82, 2.24) is 24.9 Å². The predicted octanol–water partition coefficient (Wildman–Crippen LogP) is 1.96. The van der Waals surface area contributed by atoms with Gasteiger partial charge in [0.2, 0.25) is 5.95 Å². The van der Waals surface area contributed by atoms with Crippen molar-refractivity contribution in [3.05, 3.63) is 28.5 Å². The van der Waals surface area contributed by atoms with Crippen LogP contribution < -0.4 is 10.2 Å². The van der Waals surface area contributed by atoms with E-state index >= 15 is 0 Å². The summed E-state index contributed by atoms with van der Waals surface area (Å²) in [6.45, 7) is 7.61. The molecule has 7 heteroatoms. The Morgan fingerprint density at radius 2 is 1.91 bits per heavy atom. The number of nitrogens with one attached hydrogen (secondary N) is 1. The van der Waals surface area contributed by atoms with Crippen LogP contribution in [0.3, 0.4) is 0 Å². The summed E-state index contributed by atoms with van der Waals surface area (Å²) in [6, 6.07) is 3.96. The predicted molar refractivity (Wildman–Crippen MR) is 87.9 cm³/mol. The van der Waals surface area contributed by atoms with Crippen LogP contribution in [0.1, 0.15) is 11.4 Å². The van der Waals surface area contributed by atoms with Crippen molar-refractivity contribution in [1.29, 1.82) is 0 Å². The summed E-state index contributed by atoms with van der Waals surface area (Å²) in [7, 11) is 0. The fourth-order valence-corrected chi connectivity index (χ4v) is 3.05. The van der Waals surface area contributed by atoms with E-state index in [-0.39, 0.29) is 0 Å². The zero-order valence-electron chi connectivity index (χ0n) is 12.6. The molecule has 3 heterocycles. The number of hydrogen-bond acceptors (Lipinski definition) is 5. The van der Waals surface area contributed by atoms with E-state index in [9.17, 15) is 0 Å². The molecule has 0 unspecified atom stereocenters. The van der Waals surface area contributed by atoms with Crippen LogP contribution >= 0.6 is 11.6 Å². The number of rotatable bonds is 1. The minimum Gasteiger partial charge on any atom is -0.338 e. The number of piperazine rings is 1. The van der Waals surface area contributed by atoms with Gasteiger partial charge in [0.1, 0.15) is 5.82 Å². The minimum absolute atomic E-state index is 0.729. The van der Waals surface area contributed by atoms with Crippen molar-refractivity contribution in [2.75, 3.05) is 31.1 Å². The summed E-state index contributed by atoms with van der Waals surface area (Å²) in [5.41, 5.74) is 2.73. The topological polar surface area (TPSA) is 58.4 Å². The Bertz CT molecular complexity index is 865. The van der Waals surface area contributed by atoms with Crippen LogP contribution in [-0.2, 0) is 0 Å². The summed E-state index contributed by atoms with van der Waals surface area (Å²) in [5, 5.41) is 9.61. The third-order valence-electron chi connectivity index (χ3n) is 4.04. The number of aryl methyl sites for hydroxylation is 2. The van der Waals surface area contributed by atoms with Gasteiger partial charge < -0.3 is 10.2 Å². The first-order valence-corrected chi connectivity index (χ1v) is 7.80. The molecular formula is C15H17ClN6. The Morgan fingerprint density at radius 1 is 1.14 bits per heavy atom. The van der Waals surface area contributed by atoms with E-state index in [0.717, 1.165) is 65.1 Å². The van der Waals surface area contributed by atoms with E-state index in [4.69, 9.17) is 16.6 Å². The third kappa shape index (κ3) is 2.10. The van der Waals surface area contributed by atoms with Crippen LogP contribution in [0.5, 0.6) is 0 Å². The fourth-order valence-electron chi connectivity index (χ4n) is 2.90. The molecule has 22 heavy (non-hydrogen) atoms. The molecular weight excluding hydrogens is 300 g/mol. The maximum atomic E-state index is 6.28. The summed E-state index contributed by atoms with van der Waals surface area (Å²) in [4.78, 5) is 11.7. The van der Waals surface area contributed by atoms with Gasteiger partial charge in [-0.25, -0.2) is 9.97 Å². The number of hydrogen-bond donors (Lipinski definition) is 1. The molecule has 0 bridgehead atoms. The first kappa shape index (κ1) is 13.7. The van der Waals surface area contributed by atoms with Crippen LogP contribution in [0.2, 0.25) is 5.02 Å². The van der Waals surface area contributed by atoms with E-state index < -0.39 is 0 Å². The largest absolute Gasteiger partial charge is 0.338 e. The molecule has 1 saturated heterocycles. The Morgan fingerprint density at radius 3 is 2.68 bits per heavy atom. The highest BCUT2D eigenvalue weighted by Crippen LogP contribution is 2.27. The van der Waals surface area contributed by atoms with E-state index in [0.29, 0.717) is 0 Å². The normalized spacial score (nSPS) is 15.9. The van der Waals surface area contributed by atoms with Gasteiger partial charge in [-0.3, -0.25) is 0 Å². The highest BCUT2D eigenvalue weighted by atomic mass is 35.5. The number of anilines is 1. The molecule has 4 rings (SSSR count). The van der Waals surface area contributed by atoms with Crippen LogP contribution in [-0.4, -0.2) is 45.8 Å². The maximum Gasteiger partial charge on any atom is 0.229 e. The standard InChI is InChI=1S/C15H17ClN6/c1-9-7-11-13(8-12(9)16)19-15(21-5-3-17-4-6-21)22-14(11)18-10(2)20-22/h7-8,17H,3-6H2,1-2H3. The molecule has 1 N–H and O–H groups in total. The molecule has 1 aliphatic heterocycles. The molecule has 0 amide bonds. The number of benzene rings is 1.